The Bertz CT molecular complexity index is 901. The standard InChI is InChI=1S/C23H29N3O3/c1-2-16-8-11-18(12-9-16)26-20-7-3-6-19(20)22(24-26)23(29)25-14-4-5-17(15-25)10-13-21(27)28/h8-9,11-12,17H,2-7,10,13-15H2,1H3,(H,27,28). The number of carboxylic acids is 1. The summed E-state index contributed by atoms with van der Waals surface area (Å²) < 4.78 is 1.96. The van der Waals surface area contributed by atoms with E-state index in [0.717, 1.165) is 62.0 Å². The molecular weight excluding hydrogens is 366 g/mol. The molecule has 1 aromatic carbocycles. The van der Waals surface area contributed by atoms with Crippen LogP contribution in [-0.2, 0) is 24.1 Å². The Morgan fingerprint density at radius 1 is 1.17 bits per heavy atom. The number of likely N-dealkylation sites (tertiary alicyclic amines) is 1. The largest absolute Gasteiger partial charge is 0.481 e. The van der Waals surface area contributed by atoms with E-state index in [-0.39, 0.29) is 18.2 Å². The van der Waals surface area contributed by atoms with Crippen LogP contribution in [0.2, 0.25) is 0 Å². The Balaban J connectivity index is 1.56. The van der Waals surface area contributed by atoms with Crippen LogP contribution in [0.5, 0.6) is 0 Å². The maximum Gasteiger partial charge on any atom is 0.303 e. The van der Waals surface area contributed by atoms with E-state index in [4.69, 9.17) is 10.2 Å². The summed E-state index contributed by atoms with van der Waals surface area (Å²) in [5.41, 5.74) is 5.15. The first-order chi connectivity index (χ1) is 14.1. The molecule has 6 nitrogen and oxygen atoms in total. The van der Waals surface area contributed by atoms with E-state index in [1.54, 1.807) is 0 Å². The van der Waals surface area contributed by atoms with Crippen molar-refractivity contribution >= 4 is 11.9 Å². The van der Waals surface area contributed by atoms with Gasteiger partial charge in [-0.1, -0.05) is 19.1 Å². The number of benzene rings is 1. The highest BCUT2D eigenvalue weighted by atomic mass is 16.4. The van der Waals surface area contributed by atoms with Gasteiger partial charge in [-0.15, -0.1) is 0 Å². The van der Waals surface area contributed by atoms with Crippen LogP contribution < -0.4 is 0 Å². The average Bonchev–Trinajstić information content (AvgIpc) is 3.35. The number of aromatic nitrogens is 2. The van der Waals surface area contributed by atoms with Crippen molar-refractivity contribution in [2.75, 3.05) is 13.1 Å². The fourth-order valence-electron chi connectivity index (χ4n) is 4.66. The average molecular weight is 396 g/mol. The number of aryl methyl sites for hydroxylation is 1. The van der Waals surface area contributed by atoms with Crippen molar-refractivity contribution in [3.63, 3.8) is 0 Å². The van der Waals surface area contributed by atoms with Crippen molar-refractivity contribution in [2.24, 2.45) is 5.92 Å². The number of carboxylic acid groups (broad SMARTS) is 1. The maximum atomic E-state index is 13.3. The minimum Gasteiger partial charge on any atom is -0.481 e. The summed E-state index contributed by atoms with van der Waals surface area (Å²) in [7, 11) is 0. The molecule has 0 spiro atoms. The number of fused-ring (bicyclic) bond motifs is 1. The van der Waals surface area contributed by atoms with E-state index in [1.165, 1.54) is 5.56 Å². The SMILES string of the molecule is CCc1ccc(-n2nc(C(=O)N3CCCC(CCC(=O)O)C3)c3c2CCC3)cc1. The molecule has 154 valence electrons. The molecule has 1 atom stereocenters. The smallest absolute Gasteiger partial charge is 0.303 e. The number of aliphatic carboxylic acids is 1. The van der Waals surface area contributed by atoms with Gasteiger partial charge in [0, 0.05) is 30.8 Å². The number of amides is 1. The van der Waals surface area contributed by atoms with Crippen LogP contribution >= 0.6 is 0 Å². The highest BCUT2D eigenvalue weighted by Crippen LogP contribution is 2.30. The third kappa shape index (κ3) is 4.07. The maximum absolute atomic E-state index is 13.3. The lowest BCUT2D eigenvalue weighted by Gasteiger charge is -2.32. The molecule has 2 heterocycles. The third-order valence-electron chi connectivity index (χ3n) is 6.29. The number of hydrogen-bond donors (Lipinski definition) is 1. The molecule has 0 saturated carbocycles. The van der Waals surface area contributed by atoms with E-state index in [9.17, 15) is 9.59 Å². The van der Waals surface area contributed by atoms with E-state index >= 15 is 0 Å². The number of carbonyl (C=O) groups excluding carboxylic acids is 1. The monoisotopic (exact) mass is 395 g/mol. The summed E-state index contributed by atoms with van der Waals surface area (Å²) in [5.74, 6) is -0.494. The van der Waals surface area contributed by atoms with E-state index in [1.807, 2.05) is 9.58 Å². The van der Waals surface area contributed by atoms with Gasteiger partial charge in [0.2, 0.25) is 0 Å². The molecule has 6 heteroatoms. The van der Waals surface area contributed by atoms with Gasteiger partial charge in [0.25, 0.3) is 5.91 Å². The van der Waals surface area contributed by atoms with E-state index in [2.05, 4.69) is 31.2 Å². The van der Waals surface area contributed by atoms with Crippen molar-refractivity contribution in [2.45, 2.75) is 58.3 Å². The van der Waals surface area contributed by atoms with Gasteiger partial charge < -0.3 is 10.0 Å². The number of rotatable bonds is 6. The highest BCUT2D eigenvalue weighted by Gasteiger charge is 2.32. The molecule has 1 aliphatic heterocycles. The normalized spacial score (nSPS) is 18.7. The summed E-state index contributed by atoms with van der Waals surface area (Å²) in [6.07, 6.45) is 6.64. The molecule has 29 heavy (non-hydrogen) atoms. The molecule has 1 N–H and O–H groups in total. The molecule has 4 rings (SSSR count). The number of nitrogens with zero attached hydrogens (tertiary/aromatic N) is 3. The fraction of sp³-hybridized carbons (Fsp3) is 0.522. The molecule has 1 amide bonds. The predicted molar refractivity (Wildman–Crippen MR) is 110 cm³/mol. The molecule has 1 fully saturated rings. The van der Waals surface area contributed by atoms with Crippen molar-refractivity contribution in [3.8, 4) is 5.69 Å². The van der Waals surface area contributed by atoms with Gasteiger partial charge in [-0.2, -0.15) is 5.10 Å². The summed E-state index contributed by atoms with van der Waals surface area (Å²) in [6, 6.07) is 8.41. The molecular formula is C23H29N3O3. The van der Waals surface area contributed by atoms with Gasteiger partial charge >= 0.3 is 5.97 Å². The molecule has 0 radical (unpaired) electrons. The van der Waals surface area contributed by atoms with Gasteiger partial charge in [0.15, 0.2) is 5.69 Å². The van der Waals surface area contributed by atoms with Crippen LogP contribution in [0.4, 0.5) is 0 Å². The summed E-state index contributed by atoms with van der Waals surface area (Å²) in [5, 5.41) is 13.7. The molecule has 1 saturated heterocycles. The predicted octanol–water partition coefficient (Wildman–Crippen LogP) is 3.64. The fourth-order valence-corrected chi connectivity index (χ4v) is 4.66. The first kappa shape index (κ1) is 19.7. The first-order valence-corrected chi connectivity index (χ1v) is 10.8. The summed E-state index contributed by atoms with van der Waals surface area (Å²) >= 11 is 0. The first-order valence-electron chi connectivity index (χ1n) is 10.8. The van der Waals surface area contributed by atoms with Gasteiger partial charge in [-0.3, -0.25) is 9.59 Å². The summed E-state index contributed by atoms with van der Waals surface area (Å²) in [6.45, 7) is 3.51. The van der Waals surface area contributed by atoms with Crippen molar-refractivity contribution in [3.05, 3.63) is 46.8 Å². The topological polar surface area (TPSA) is 75.4 Å². The zero-order chi connectivity index (χ0) is 20.4. The second kappa shape index (κ2) is 8.39. The van der Waals surface area contributed by atoms with Crippen molar-refractivity contribution in [1.29, 1.82) is 0 Å². The molecule has 2 aromatic rings. The Morgan fingerprint density at radius 2 is 1.97 bits per heavy atom. The van der Waals surface area contributed by atoms with Gasteiger partial charge in [-0.25, -0.2) is 4.68 Å². The molecule has 2 aliphatic rings. The Morgan fingerprint density at radius 3 is 2.69 bits per heavy atom. The van der Waals surface area contributed by atoms with Crippen LogP contribution in [0.25, 0.3) is 5.69 Å². The van der Waals surface area contributed by atoms with Crippen molar-refractivity contribution in [1.82, 2.24) is 14.7 Å². The Hall–Kier alpha value is -2.63. The van der Waals surface area contributed by atoms with Gasteiger partial charge in [0.1, 0.15) is 0 Å². The Kier molecular flexibility index (Phi) is 5.69. The molecule has 1 unspecified atom stereocenters. The van der Waals surface area contributed by atoms with Crippen molar-refractivity contribution < 1.29 is 14.7 Å². The zero-order valence-corrected chi connectivity index (χ0v) is 17.1. The number of piperidine rings is 1. The van der Waals surface area contributed by atoms with Crippen LogP contribution in [0.3, 0.4) is 0 Å². The van der Waals surface area contributed by atoms with Crippen LogP contribution in [-0.4, -0.2) is 44.8 Å². The van der Waals surface area contributed by atoms with Gasteiger partial charge in [0.05, 0.1) is 5.69 Å². The van der Waals surface area contributed by atoms with Crippen LogP contribution in [0.15, 0.2) is 24.3 Å². The number of hydrogen-bond acceptors (Lipinski definition) is 3. The minimum atomic E-state index is -0.765. The second-order valence-electron chi connectivity index (χ2n) is 8.25. The van der Waals surface area contributed by atoms with Crippen LogP contribution in [0, 0.1) is 5.92 Å². The van der Waals surface area contributed by atoms with E-state index < -0.39 is 5.97 Å². The Labute approximate surface area is 171 Å². The van der Waals surface area contributed by atoms with E-state index in [0.29, 0.717) is 18.7 Å². The van der Waals surface area contributed by atoms with Gasteiger partial charge in [-0.05, 0) is 68.6 Å². The second-order valence-corrected chi connectivity index (χ2v) is 8.25. The molecule has 1 aliphatic carbocycles. The molecule has 0 bridgehead atoms. The third-order valence-corrected chi connectivity index (χ3v) is 6.29. The lowest BCUT2D eigenvalue weighted by atomic mass is 9.93. The summed E-state index contributed by atoms with van der Waals surface area (Å²) in [4.78, 5) is 26.1. The molecule has 1 aromatic heterocycles. The lowest BCUT2D eigenvalue weighted by Crippen LogP contribution is -2.40. The lowest BCUT2D eigenvalue weighted by molar-refractivity contribution is -0.137. The quantitative estimate of drug-likeness (QED) is 0.810. The number of carbonyl (C=O) groups is 2. The van der Waals surface area contributed by atoms with Crippen LogP contribution in [0.1, 0.15) is 66.3 Å². The highest BCUT2D eigenvalue weighted by molar-refractivity contribution is 5.94. The zero-order valence-electron chi connectivity index (χ0n) is 17.1. The minimum absolute atomic E-state index is 0.00658.